The van der Waals surface area contributed by atoms with E-state index in [1.807, 2.05) is 6.08 Å². The summed E-state index contributed by atoms with van der Waals surface area (Å²) in [6.45, 7) is 43.5. The number of allylic oxidation sites excluding steroid dienone is 8. The van der Waals surface area contributed by atoms with E-state index in [2.05, 4.69) is 99.9 Å². The van der Waals surface area contributed by atoms with Crippen molar-refractivity contribution < 1.29 is 0 Å². The Bertz CT molecular complexity index is 1390. The standard InChI is InChI=1S/C37H46/c1-15-16-29-17-18-30-26(9)36(13)31(19-21(2)3)35(12)20-23(6)32(22(4)5)27(10)37(35,14)28(11)34(36)25(8)33(30)24(29)7/h16-18,26,31H,1-2,4,8,10,19-20H2,3,5-7,9,11-14H3/t26-,31+,35+,36-,37-/m1/s1. The first-order chi connectivity index (χ1) is 17.1. The van der Waals surface area contributed by atoms with Gasteiger partial charge < -0.3 is 0 Å². The monoisotopic (exact) mass is 490 g/mol. The Morgan fingerprint density at radius 3 is 2.24 bits per heavy atom. The van der Waals surface area contributed by atoms with E-state index >= 15 is 0 Å². The van der Waals surface area contributed by atoms with Gasteiger partial charge in [0.15, 0.2) is 0 Å². The SMILES string of the molecule is C=C=Cc1ccc2c(c1C)C(=C)C1=C(C)[C@@]3(C)C(=C)C(C(=C)C)=C(C)C[C@@]3(C)[C@H](CC(=C)C)[C@@]1(C)[C@@H]2C. The Hall–Kier alpha value is -2.82. The zero-order valence-electron chi connectivity index (χ0n) is 24.8. The molecule has 0 bridgehead atoms. The average molecular weight is 491 g/mol. The largest absolute Gasteiger partial charge is 0.128 e. The molecule has 1 aromatic carbocycles. The van der Waals surface area contributed by atoms with Crippen LogP contribution >= 0.6 is 0 Å². The summed E-state index contributed by atoms with van der Waals surface area (Å²) < 4.78 is 0. The van der Waals surface area contributed by atoms with Crippen molar-refractivity contribution in [2.24, 2.45) is 22.2 Å². The quantitative estimate of drug-likeness (QED) is 0.291. The summed E-state index contributed by atoms with van der Waals surface area (Å²) >= 11 is 0. The van der Waals surface area contributed by atoms with Gasteiger partial charge in [-0.3, -0.25) is 0 Å². The molecule has 4 rings (SSSR count). The second kappa shape index (κ2) is 8.61. The highest BCUT2D eigenvalue weighted by atomic mass is 14.7. The average Bonchev–Trinajstić information content (AvgIpc) is 2.79. The lowest BCUT2D eigenvalue weighted by molar-refractivity contribution is -0.0367. The molecule has 0 fully saturated rings. The maximum Gasteiger partial charge on any atom is 0.0197 e. The van der Waals surface area contributed by atoms with Crippen LogP contribution in [0.1, 0.15) is 96.4 Å². The second-order valence-electron chi connectivity index (χ2n) is 12.9. The first-order valence-electron chi connectivity index (χ1n) is 13.7. The first kappa shape index (κ1) is 27.2. The summed E-state index contributed by atoms with van der Waals surface area (Å²) in [6.07, 6.45) is 4.02. The third kappa shape index (κ3) is 3.28. The molecule has 5 atom stereocenters. The molecule has 0 spiro atoms. The molecular formula is C37H46. The highest BCUT2D eigenvalue weighted by Crippen LogP contribution is 2.75. The highest BCUT2D eigenvalue weighted by Gasteiger charge is 2.66. The van der Waals surface area contributed by atoms with Gasteiger partial charge in [-0.1, -0.05) is 88.4 Å². The summed E-state index contributed by atoms with van der Waals surface area (Å²) in [5, 5.41) is 0. The molecule has 37 heavy (non-hydrogen) atoms. The van der Waals surface area contributed by atoms with Gasteiger partial charge in [0.25, 0.3) is 0 Å². The molecule has 0 amide bonds. The van der Waals surface area contributed by atoms with E-state index in [4.69, 9.17) is 13.2 Å². The Labute approximate surface area is 226 Å². The smallest absolute Gasteiger partial charge is 0.0197 e. The molecule has 0 saturated carbocycles. The van der Waals surface area contributed by atoms with Crippen LogP contribution in [0.4, 0.5) is 0 Å². The number of benzene rings is 1. The van der Waals surface area contributed by atoms with E-state index in [-0.39, 0.29) is 16.2 Å². The van der Waals surface area contributed by atoms with Gasteiger partial charge in [-0.25, -0.2) is 0 Å². The Morgan fingerprint density at radius 2 is 1.70 bits per heavy atom. The van der Waals surface area contributed by atoms with Crippen molar-refractivity contribution in [2.45, 2.75) is 81.1 Å². The maximum atomic E-state index is 4.84. The van der Waals surface area contributed by atoms with Crippen molar-refractivity contribution in [3.8, 4) is 0 Å². The minimum atomic E-state index is -0.206. The van der Waals surface area contributed by atoms with Gasteiger partial charge >= 0.3 is 0 Å². The van der Waals surface area contributed by atoms with E-state index in [0.29, 0.717) is 11.8 Å². The van der Waals surface area contributed by atoms with E-state index < -0.39 is 0 Å². The number of fused-ring (bicyclic) bond motifs is 3. The van der Waals surface area contributed by atoms with Crippen molar-refractivity contribution in [2.75, 3.05) is 0 Å². The van der Waals surface area contributed by atoms with Gasteiger partial charge in [0, 0.05) is 10.8 Å². The molecule has 0 unspecified atom stereocenters. The summed E-state index contributed by atoms with van der Waals surface area (Å²) in [4.78, 5) is 0. The predicted octanol–water partition coefficient (Wildman–Crippen LogP) is 10.7. The summed E-state index contributed by atoms with van der Waals surface area (Å²) in [5.74, 6) is 0.719. The van der Waals surface area contributed by atoms with Crippen LogP contribution in [0.15, 0.2) is 89.8 Å². The van der Waals surface area contributed by atoms with Crippen LogP contribution < -0.4 is 0 Å². The van der Waals surface area contributed by atoms with E-state index in [1.165, 1.54) is 61.3 Å². The fourth-order valence-corrected chi connectivity index (χ4v) is 8.99. The molecular weight excluding hydrogens is 444 g/mol. The van der Waals surface area contributed by atoms with Crippen LogP contribution in [0.2, 0.25) is 0 Å². The van der Waals surface area contributed by atoms with Gasteiger partial charge in [0.05, 0.1) is 0 Å². The highest BCUT2D eigenvalue weighted by molar-refractivity contribution is 5.88. The Morgan fingerprint density at radius 1 is 1.08 bits per heavy atom. The van der Waals surface area contributed by atoms with Crippen molar-refractivity contribution >= 4 is 11.6 Å². The lowest BCUT2D eigenvalue weighted by atomic mass is 9.36. The van der Waals surface area contributed by atoms with Crippen LogP contribution in [0.3, 0.4) is 0 Å². The van der Waals surface area contributed by atoms with Gasteiger partial charge in [-0.2, -0.15) is 0 Å². The molecule has 194 valence electrons. The zero-order valence-corrected chi connectivity index (χ0v) is 24.8. The molecule has 1 aromatic rings. The van der Waals surface area contributed by atoms with Crippen LogP contribution in [0.25, 0.3) is 11.6 Å². The third-order valence-corrected chi connectivity index (χ3v) is 11.0. The minimum Gasteiger partial charge on any atom is -0.128 e. The number of hydrogen-bond acceptors (Lipinski definition) is 0. The fourth-order valence-electron chi connectivity index (χ4n) is 8.99. The molecule has 3 aliphatic carbocycles. The van der Waals surface area contributed by atoms with Gasteiger partial charge in [-0.05, 0) is 115 Å². The Kier molecular flexibility index (Phi) is 6.33. The zero-order chi connectivity index (χ0) is 27.8. The van der Waals surface area contributed by atoms with Crippen LogP contribution in [-0.2, 0) is 0 Å². The fraction of sp³-hybridized carbons (Fsp3) is 0.432. The molecule has 0 aliphatic heterocycles. The molecule has 0 heteroatoms. The lowest BCUT2D eigenvalue weighted by Crippen LogP contribution is -2.59. The number of hydrogen-bond donors (Lipinski definition) is 0. The lowest BCUT2D eigenvalue weighted by Gasteiger charge is -2.67. The molecule has 0 radical (unpaired) electrons. The van der Waals surface area contributed by atoms with E-state index in [1.54, 1.807) is 0 Å². The molecule has 0 heterocycles. The Balaban J connectivity index is 2.16. The molecule has 0 N–H and O–H groups in total. The maximum absolute atomic E-state index is 4.84. The topological polar surface area (TPSA) is 0 Å². The number of rotatable bonds is 4. The van der Waals surface area contributed by atoms with Gasteiger partial charge in [0.1, 0.15) is 0 Å². The first-order valence-corrected chi connectivity index (χ1v) is 13.7. The van der Waals surface area contributed by atoms with Gasteiger partial charge in [0.2, 0.25) is 0 Å². The van der Waals surface area contributed by atoms with Crippen LogP contribution in [0, 0.1) is 29.1 Å². The molecule has 0 aromatic heterocycles. The second-order valence-corrected chi connectivity index (χ2v) is 12.9. The van der Waals surface area contributed by atoms with Crippen molar-refractivity contribution in [3.05, 3.63) is 112 Å². The summed E-state index contributed by atoms with van der Waals surface area (Å²) in [6, 6.07) is 4.56. The third-order valence-electron chi connectivity index (χ3n) is 11.0. The van der Waals surface area contributed by atoms with Gasteiger partial charge in [-0.15, -0.1) is 12.3 Å². The van der Waals surface area contributed by atoms with E-state index in [0.717, 1.165) is 18.4 Å². The van der Waals surface area contributed by atoms with Crippen molar-refractivity contribution in [1.82, 2.24) is 0 Å². The van der Waals surface area contributed by atoms with Crippen molar-refractivity contribution in [1.29, 1.82) is 0 Å². The van der Waals surface area contributed by atoms with Crippen LogP contribution in [0.5, 0.6) is 0 Å². The van der Waals surface area contributed by atoms with Crippen molar-refractivity contribution in [3.63, 3.8) is 0 Å². The normalized spacial score (nSPS) is 32.9. The molecule has 0 nitrogen and oxygen atoms in total. The van der Waals surface area contributed by atoms with E-state index in [9.17, 15) is 0 Å². The summed E-state index contributed by atoms with van der Waals surface area (Å²) in [5.41, 5.74) is 18.2. The minimum absolute atomic E-state index is 0.0129. The molecule has 3 aliphatic rings. The summed E-state index contributed by atoms with van der Waals surface area (Å²) in [7, 11) is 0. The van der Waals surface area contributed by atoms with Crippen LogP contribution in [-0.4, -0.2) is 0 Å². The molecule has 0 saturated heterocycles. The predicted molar refractivity (Wildman–Crippen MR) is 163 cm³/mol.